The van der Waals surface area contributed by atoms with E-state index in [1.807, 2.05) is 29.9 Å². The van der Waals surface area contributed by atoms with E-state index < -0.39 is 0 Å². The number of imidazole rings is 2. The van der Waals surface area contributed by atoms with Gasteiger partial charge >= 0.3 is 0 Å². The molecule has 0 bridgehead atoms. The van der Waals surface area contributed by atoms with Crippen LogP contribution in [-0.4, -0.2) is 28.9 Å². The van der Waals surface area contributed by atoms with Crippen molar-refractivity contribution in [1.82, 2.24) is 28.9 Å². The van der Waals surface area contributed by atoms with E-state index in [4.69, 9.17) is 0 Å². The number of hydrogen-bond acceptors (Lipinski definition) is 4. The molecule has 0 aliphatic rings. The van der Waals surface area contributed by atoms with Gasteiger partial charge in [0.25, 0.3) is 0 Å². The maximum Gasteiger partial charge on any atom is 0.164 e. The van der Waals surface area contributed by atoms with Gasteiger partial charge in [-0.15, -0.1) is 0 Å². The molecule has 0 radical (unpaired) electrons. The molecule has 0 N–H and O–H groups in total. The third-order valence-corrected chi connectivity index (χ3v) is 3.95. The Morgan fingerprint density at radius 1 is 1.13 bits per heavy atom. The van der Waals surface area contributed by atoms with E-state index in [-0.39, 0.29) is 0 Å². The van der Waals surface area contributed by atoms with E-state index in [0.29, 0.717) is 5.92 Å². The summed E-state index contributed by atoms with van der Waals surface area (Å²) in [6.07, 6.45) is 7.69. The molecule has 0 saturated carbocycles. The smallest absolute Gasteiger partial charge is 0.164 e. The Kier molecular flexibility index (Phi) is 3.11. The summed E-state index contributed by atoms with van der Waals surface area (Å²) < 4.78 is 4.10. The molecule has 0 aliphatic carbocycles. The van der Waals surface area contributed by atoms with E-state index in [2.05, 4.69) is 50.6 Å². The summed E-state index contributed by atoms with van der Waals surface area (Å²) in [7, 11) is 0. The molecule has 0 saturated heterocycles. The van der Waals surface area contributed by atoms with Gasteiger partial charge in [-0.25, -0.2) is 19.9 Å². The van der Waals surface area contributed by atoms with E-state index in [0.717, 1.165) is 34.9 Å². The topological polar surface area (TPSA) is 60.9 Å². The van der Waals surface area contributed by atoms with Crippen molar-refractivity contribution in [2.45, 2.75) is 33.2 Å². The van der Waals surface area contributed by atoms with Gasteiger partial charge < -0.3 is 8.97 Å². The fraction of sp³-hybridized carbons (Fsp3) is 0.294. The average molecular weight is 306 g/mol. The molecule has 0 atom stereocenters. The van der Waals surface area contributed by atoms with Crippen molar-refractivity contribution in [2.75, 3.05) is 0 Å². The van der Waals surface area contributed by atoms with Gasteiger partial charge in [0.1, 0.15) is 17.0 Å². The Bertz CT molecular complexity index is 995. The van der Waals surface area contributed by atoms with Gasteiger partial charge in [0, 0.05) is 18.6 Å². The van der Waals surface area contributed by atoms with Gasteiger partial charge in [0.2, 0.25) is 0 Å². The largest absolute Gasteiger partial charge is 0.311 e. The number of nitrogens with zero attached hydrogens (tertiary/aromatic N) is 6. The average Bonchev–Trinajstić information content (AvgIpc) is 3.13. The van der Waals surface area contributed by atoms with Crippen molar-refractivity contribution < 1.29 is 0 Å². The lowest BCUT2D eigenvalue weighted by Gasteiger charge is -2.08. The van der Waals surface area contributed by atoms with Gasteiger partial charge in [0.05, 0.1) is 18.6 Å². The fourth-order valence-corrected chi connectivity index (χ4v) is 2.85. The molecule has 0 spiro atoms. The Morgan fingerprint density at radius 3 is 2.83 bits per heavy atom. The molecule has 6 heteroatoms. The maximum atomic E-state index is 4.60. The minimum absolute atomic E-state index is 0.324. The molecule has 4 heterocycles. The molecule has 0 unspecified atom stereocenters. The zero-order valence-corrected chi connectivity index (χ0v) is 13.4. The van der Waals surface area contributed by atoms with E-state index in [9.17, 15) is 0 Å². The SMILES string of the molecule is Cc1nc(C(C)C)c2ncn(Cc3ccc4nccn4c3)c2n1. The summed E-state index contributed by atoms with van der Waals surface area (Å²) in [6.45, 7) is 6.92. The van der Waals surface area contributed by atoms with Crippen LogP contribution in [0.15, 0.2) is 37.1 Å². The molecular weight excluding hydrogens is 288 g/mol. The van der Waals surface area contributed by atoms with Crippen LogP contribution in [0.5, 0.6) is 0 Å². The second-order valence-corrected chi connectivity index (χ2v) is 6.09. The monoisotopic (exact) mass is 306 g/mol. The lowest BCUT2D eigenvalue weighted by atomic mass is 10.1. The summed E-state index contributed by atoms with van der Waals surface area (Å²) in [6, 6.07) is 4.11. The highest BCUT2D eigenvalue weighted by molar-refractivity contribution is 5.74. The van der Waals surface area contributed by atoms with Crippen LogP contribution in [0.4, 0.5) is 0 Å². The zero-order chi connectivity index (χ0) is 16.0. The van der Waals surface area contributed by atoms with E-state index in [1.54, 1.807) is 6.20 Å². The Hall–Kier alpha value is -2.76. The molecule has 116 valence electrons. The number of pyridine rings is 1. The fourth-order valence-electron chi connectivity index (χ4n) is 2.85. The Morgan fingerprint density at radius 2 is 2.00 bits per heavy atom. The predicted molar refractivity (Wildman–Crippen MR) is 88.4 cm³/mol. The van der Waals surface area contributed by atoms with Crippen LogP contribution >= 0.6 is 0 Å². The third-order valence-electron chi connectivity index (χ3n) is 3.95. The van der Waals surface area contributed by atoms with Crippen LogP contribution in [0.3, 0.4) is 0 Å². The quantitative estimate of drug-likeness (QED) is 0.584. The van der Waals surface area contributed by atoms with Crippen molar-refractivity contribution in [1.29, 1.82) is 0 Å². The number of aryl methyl sites for hydroxylation is 1. The van der Waals surface area contributed by atoms with Gasteiger partial charge in [-0.1, -0.05) is 19.9 Å². The maximum absolute atomic E-state index is 4.60. The van der Waals surface area contributed by atoms with Crippen LogP contribution in [0.25, 0.3) is 16.8 Å². The minimum Gasteiger partial charge on any atom is -0.311 e. The molecule has 23 heavy (non-hydrogen) atoms. The van der Waals surface area contributed by atoms with Crippen molar-refractivity contribution in [3.05, 3.63) is 54.1 Å². The second kappa shape index (κ2) is 5.15. The summed E-state index contributed by atoms with van der Waals surface area (Å²) in [5, 5.41) is 0. The van der Waals surface area contributed by atoms with Crippen molar-refractivity contribution >= 4 is 16.8 Å². The highest BCUT2D eigenvalue weighted by Crippen LogP contribution is 2.22. The first-order chi connectivity index (χ1) is 11.1. The first kappa shape index (κ1) is 13.9. The highest BCUT2D eigenvalue weighted by Gasteiger charge is 2.14. The summed E-state index contributed by atoms with van der Waals surface area (Å²) in [5.41, 5.74) is 4.93. The van der Waals surface area contributed by atoms with E-state index in [1.165, 1.54) is 5.56 Å². The Balaban J connectivity index is 1.79. The lowest BCUT2D eigenvalue weighted by molar-refractivity contribution is 0.793. The van der Waals surface area contributed by atoms with E-state index >= 15 is 0 Å². The molecule has 0 amide bonds. The molecule has 0 fully saturated rings. The second-order valence-electron chi connectivity index (χ2n) is 6.09. The first-order valence-electron chi connectivity index (χ1n) is 7.73. The number of fused-ring (bicyclic) bond motifs is 2. The van der Waals surface area contributed by atoms with Gasteiger partial charge in [-0.3, -0.25) is 0 Å². The molecular formula is C17H18N6. The van der Waals surface area contributed by atoms with Gasteiger partial charge in [-0.05, 0) is 24.5 Å². The third kappa shape index (κ3) is 2.36. The minimum atomic E-state index is 0.324. The highest BCUT2D eigenvalue weighted by atomic mass is 15.1. The van der Waals surface area contributed by atoms with Crippen LogP contribution in [-0.2, 0) is 6.54 Å². The molecule has 4 rings (SSSR count). The summed E-state index contributed by atoms with van der Waals surface area (Å²) in [4.78, 5) is 18.0. The molecule has 0 aliphatic heterocycles. The van der Waals surface area contributed by atoms with Crippen LogP contribution in [0, 0.1) is 6.92 Å². The number of aromatic nitrogens is 6. The molecule has 0 aromatic carbocycles. The van der Waals surface area contributed by atoms with Crippen molar-refractivity contribution in [2.24, 2.45) is 0 Å². The lowest BCUT2D eigenvalue weighted by Crippen LogP contribution is -2.04. The van der Waals surface area contributed by atoms with Crippen LogP contribution < -0.4 is 0 Å². The van der Waals surface area contributed by atoms with Crippen LogP contribution in [0.2, 0.25) is 0 Å². The van der Waals surface area contributed by atoms with Crippen molar-refractivity contribution in [3.63, 3.8) is 0 Å². The normalized spacial score (nSPS) is 11.8. The summed E-state index contributed by atoms with van der Waals surface area (Å²) >= 11 is 0. The van der Waals surface area contributed by atoms with Crippen LogP contribution in [0.1, 0.15) is 36.8 Å². The predicted octanol–water partition coefficient (Wildman–Crippen LogP) is 2.95. The van der Waals surface area contributed by atoms with Gasteiger partial charge in [0.15, 0.2) is 5.65 Å². The van der Waals surface area contributed by atoms with Gasteiger partial charge in [-0.2, -0.15) is 0 Å². The molecule has 6 nitrogen and oxygen atoms in total. The summed E-state index contributed by atoms with van der Waals surface area (Å²) in [5.74, 6) is 1.11. The van der Waals surface area contributed by atoms with Crippen molar-refractivity contribution in [3.8, 4) is 0 Å². The first-order valence-corrected chi connectivity index (χ1v) is 7.73. The molecule has 4 aromatic heterocycles. The number of rotatable bonds is 3. The number of hydrogen-bond donors (Lipinski definition) is 0. The molecule has 4 aromatic rings. The standard InChI is InChI=1S/C17H18N6/c1-11(2)15-16-17(21-12(3)20-15)23(10-19-16)9-13-4-5-14-18-6-7-22(14)8-13/h4-8,10-11H,9H2,1-3H3. The zero-order valence-electron chi connectivity index (χ0n) is 13.4. The Labute approximate surface area is 133 Å².